The van der Waals surface area contributed by atoms with Gasteiger partial charge in [-0.3, -0.25) is 4.79 Å². The third-order valence-electron chi connectivity index (χ3n) is 4.02. The number of ether oxygens (including phenoxy) is 3. The highest BCUT2D eigenvalue weighted by Crippen LogP contribution is 2.21. The molecule has 0 saturated heterocycles. The number of nitrogens with one attached hydrogen (secondary N) is 1. The zero-order valence-corrected chi connectivity index (χ0v) is 17.9. The molecule has 0 aliphatic carbocycles. The smallest absolute Gasteiger partial charge is 0.407 e. The molecule has 0 aliphatic rings. The van der Waals surface area contributed by atoms with E-state index in [2.05, 4.69) is 5.32 Å². The molecule has 0 aromatic rings. The maximum atomic E-state index is 11.8. The van der Waals surface area contributed by atoms with Crippen LogP contribution in [0.15, 0.2) is 0 Å². The van der Waals surface area contributed by atoms with E-state index in [1.807, 2.05) is 41.5 Å². The van der Waals surface area contributed by atoms with Gasteiger partial charge < -0.3 is 19.5 Å². The molecule has 0 bridgehead atoms. The number of Topliss-reactive ketones (excluding diaryl/α,β-unsaturated/α-hetero) is 1. The van der Waals surface area contributed by atoms with E-state index in [0.717, 1.165) is 6.42 Å². The Morgan fingerprint density at radius 1 is 0.885 bits per heavy atom. The molecule has 0 radical (unpaired) electrons. The van der Waals surface area contributed by atoms with E-state index in [9.17, 15) is 9.59 Å². The molecular weight excluding hydrogens is 334 g/mol. The minimum absolute atomic E-state index is 0.0737. The summed E-state index contributed by atoms with van der Waals surface area (Å²) in [6.07, 6.45) is 1.42. The van der Waals surface area contributed by atoms with Crippen molar-refractivity contribution in [2.24, 2.45) is 5.92 Å². The number of hydrogen-bond donors (Lipinski definition) is 1. The lowest BCUT2D eigenvalue weighted by atomic mass is 9.96. The molecule has 0 aliphatic heterocycles. The van der Waals surface area contributed by atoms with Gasteiger partial charge in [0.1, 0.15) is 5.78 Å². The second kappa shape index (κ2) is 11.5. The Morgan fingerprint density at radius 3 is 1.96 bits per heavy atom. The lowest BCUT2D eigenvalue weighted by Gasteiger charge is -2.30. The summed E-state index contributed by atoms with van der Waals surface area (Å²) >= 11 is 0. The quantitative estimate of drug-likeness (QED) is 0.492. The monoisotopic (exact) mass is 373 g/mol. The Kier molecular flexibility index (Phi) is 11.0. The predicted molar refractivity (Wildman–Crippen MR) is 103 cm³/mol. The highest BCUT2D eigenvalue weighted by molar-refractivity contribution is 5.80. The third kappa shape index (κ3) is 13.1. The van der Waals surface area contributed by atoms with Gasteiger partial charge in [0, 0.05) is 18.9 Å². The summed E-state index contributed by atoms with van der Waals surface area (Å²) in [5, 5.41) is 2.65. The van der Waals surface area contributed by atoms with Crippen LogP contribution in [0.3, 0.4) is 0 Å². The van der Waals surface area contributed by atoms with Gasteiger partial charge in [-0.2, -0.15) is 0 Å². The first-order chi connectivity index (χ1) is 11.8. The molecule has 26 heavy (non-hydrogen) atoms. The number of amides is 1. The summed E-state index contributed by atoms with van der Waals surface area (Å²) in [5.41, 5.74) is -0.684. The molecule has 0 spiro atoms. The van der Waals surface area contributed by atoms with E-state index in [4.69, 9.17) is 14.2 Å². The fraction of sp³-hybridized carbons (Fsp3) is 0.900. The lowest BCUT2D eigenvalue weighted by Crippen LogP contribution is -2.35. The zero-order chi connectivity index (χ0) is 20.4. The summed E-state index contributed by atoms with van der Waals surface area (Å²) in [5.74, 6) is 0.346. The van der Waals surface area contributed by atoms with Crippen molar-refractivity contribution in [3.63, 3.8) is 0 Å². The standard InChI is InChI=1S/C20H39NO5/c1-15(2)17(22)9-10-19(5,6)24-13-11-20(7,8)25-14-12-21-18(23)26-16(3)4/h15-16H,9-14H2,1-8H3,(H,21,23). The Morgan fingerprint density at radius 2 is 1.42 bits per heavy atom. The van der Waals surface area contributed by atoms with Crippen LogP contribution >= 0.6 is 0 Å². The average Bonchev–Trinajstić information content (AvgIpc) is 2.48. The van der Waals surface area contributed by atoms with Crippen molar-refractivity contribution in [1.29, 1.82) is 0 Å². The average molecular weight is 374 g/mol. The van der Waals surface area contributed by atoms with Gasteiger partial charge in [-0.25, -0.2) is 4.79 Å². The molecule has 0 rings (SSSR count). The van der Waals surface area contributed by atoms with Crippen LogP contribution in [0.2, 0.25) is 0 Å². The lowest BCUT2D eigenvalue weighted by molar-refractivity contribution is -0.124. The molecule has 0 aromatic carbocycles. The molecule has 1 N–H and O–H groups in total. The van der Waals surface area contributed by atoms with Gasteiger partial charge in [-0.05, 0) is 54.4 Å². The maximum absolute atomic E-state index is 11.8. The summed E-state index contributed by atoms with van der Waals surface area (Å²) in [4.78, 5) is 23.1. The molecule has 6 nitrogen and oxygen atoms in total. The summed E-state index contributed by atoms with van der Waals surface area (Å²) in [6, 6.07) is 0. The number of alkyl carbamates (subject to hydrolysis) is 1. The first-order valence-electron chi connectivity index (χ1n) is 9.60. The maximum Gasteiger partial charge on any atom is 0.407 e. The summed E-state index contributed by atoms with van der Waals surface area (Å²) in [7, 11) is 0. The molecule has 0 fully saturated rings. The SMILES string of the molecule is CC(C)OC(=O)NCCOC(C)(C)CCOC(C)(C)CCC(=O)C(C)C. The normalized spacial score (nSPS) is 12.5. The second-order valence-corrected chi connectivity index (χ2v) is 8.47. The van der Waals surface area contributed by atoms with E-state index < -0.39 is 6.09 Å². The van der Waals surface area contributed by atoms with Crippen LogP contribution in [-0.4, -0.2) is 48.9 Å². The molecule has 0 heterocycles. The van der Waals surface area contributed by atoms with E-state index in [1.165, 1.54) is 0 Å². The van der Waals surface area contributed by atoms with Gasteiger partial charge in [0.25, 0.3) is 0 Å². The zero-order valence-electron chi connectivity index (χ0n) is 17.9. The fourth-order valence-corrected chi connectivity index (χ4v) is 2.17. The van der Waals surface area contributed by atoms with Gasteiger partial charge in [-0.1, -0.05) is 13.8 Å². The minimum atomic E-state index is -0.428. The van der Waals surface area contributed by atoms with Crippen molar-refractivity contribution < 1.29 is 23.8 Å². The fourth-order valence-electron chi connectivity index (χ4n) is 2.17. The van der Waals surface area contributed by atoms with Crippen LogP contribution in [0.5, 0.6) is 0 Å². The number of carbonyl (C=O) groups is 2. The van der Waals surface area contributed by atoms with Crippen molar-refractivity contribution in [1.82, 2.24) is 5.32 Å². The molecule has 154 valence electrons. The predicted octanol–water partition coefficient (Wildman–Crippen LogP) is 4.11. The van der Waals surface area contributed by atoms with Gasteiger partial charge >= 0.3 is 6.09 Å². The van der Waals surface area contributed by atoms with Crippen molar-refractivity contribution in [3.8, 4) is 0 Å². The molecule has 0 saturated carbocycles. The van der Waals surface area contributed by atoms with Crippen molar-refractivity contribution in [3.05, 3.63) is 0 Å². The van der Waals surface area contributed by atoms with E-state index in [0.29, 0.717) is 32.6 Å². The Bertz CT molecular complexity index is 430. The van der Waals surface area contributed by atoms with Crippen LogP contribution in [0.25, 0.3) is 0 Å². The van der Waals surface area contributed by atoms with Crippen molar-refractivity contribution >= 4 is 11.9 Å². The van der Waals surface area contributed by atoms with Crippen LogP contribution in [0.4, 0.5) is 4.79 Å². The van der Waals surface area contributed by atoms with Crippen LogP contribution in [-0.2, 0) is 19.0 Å². The van der Waals surface area contributed by atoms with Crippen LogP contribution in [0, 0.1) is 5.92 Å². The first-order valence-corrected chi connectivity index (χ1v) is 9.60. The number of hydrogen-bond acceptors (Lipinski definition) is 5. The van der Waals surface area contributed by atoms with Crippen molar-refractivity contribution in [2.45, 2.75) is 92.0 Å². The highest BCUT2D eigenvalue weighted by Gasteiger charge is 2.24. The van der Waals surface area contributed by atoms with Gasteiger partial charge in [-0.15, -0.1) is 0 Å². The van der Waals surface area contributed by atoms with E-state index >= 15 is 0 Å². The number of rotatable bonds is 13. The highest BCUT2D eigenvalue weighted by atomic mass is 16.6. The van der Waals surface area contributed by atoms with Crippen LogP contribution < -0.4 is 5.32 Å². The Hall–Kier alpha value is -1.14. The third-order valence-corrected chi connectivity index (χ3v) is 4.02. The summed E-state index contributed by atoms with van der Waals surface area (Å²) < 4.78 is 16.8. The number of ketones is 1. The molecule has 0 atom stereocenters. The minimum Gasteiger partial charge on any atom is -0.447 e. The van der Waals surface area contributed by atoms with Gasteiger partial charge in [0.05, 0.1) is 30.5 Å². The van der Waals surface area contributed by atoms with E-state index in [1.54, 1.807) is 13.8 Å². The van der Waals surface area contributed by atoms with Gasteiger partial charge in [0.15, 0.2) is 0 Å². The molecule has 0 unspecified atom stereocenters. The first kappa shape index (κ1) is 24.9. The topological polar surface area (TPSA) is 73.9 Å². The van der Waals surface area contributed by atoms with Crippen LogP contribution in [0.1, 0.15) is 74.7 Å². The molecule has 6 heteroatoms. The largest absolute Gasteiger partial charge is 0.447 e. The molecule has 1 amide bonds. The Balaban J connectivity index is 4.01. The van der Waals surface area contributed by atoms with Crippen molar-refractivity contribution in [2.75, 3.05) is 19.8 Å². The number of carbonyl (C=O) groups excluding carboxylic acids is 2. The molecule has 0 aromatic heterocycles. The Labute approximate surface area is 159 Å². The molecular formula is C20H39NO5. The second-order valence-electron chi connectivity index (χ2n) is 8.47. The van der Waals surface area contributed by atoms with E-state index in [-0.39, 0.29) is 29.0 Å². The van der Waals surface area contributed by atoms with Gasteiger partial charge in [0.2, 0.25) is 0 Å². The summed E-state index contributed by atoms with van der Waals surface area (Å²) in [6.45, 7) is 16.8.